The first kappa shape index (κ1) is 18.0. The van der Waals surface area contributed by atoms with Crippen molar-refractivity contribution in [1.82, 2.24) is 5.32 Å². The minimum Gasteiger partial charge on any atom is -0.355 e. The molecule has 0 atom stereocenters. The average Bonchev–Trinajstić information content (AvgIpc) is 2.92. The van der Waals surface area contributed by atoms with Crippen LogP contribution < -0.4 is 15.5 Å². The van der Waals surface area contributed by atoms with E-state index < -0.39 is 5.41 Å². The Morgan fingerprint density at radius 2 is 1.92 bits per heavy atom. The van der Waals surface area contributed by atoms with Crippen LogP contribution in [-0.2, 0) is 14.4 Å². The second-order valence-corrected chi connectivity index (χ2v) is 6.97. The lowest BCUT2D eigenvalue weighted by atomic mass is 9.96. The van der Waals surface area contributed by atoms with Crippen LogP contribution in [0.5, 0.6) is 0 Å². The van der Waals surface area contributed by atoms with Gasteiger partial charge in [-0.15, -0.1) is 0 Å². The minimum atomic E-state index is -0.473. The summed E-state index contributed by atoms with van der Waals surface area (Å²) in [6.45, 7) is 6.43. The van der Waals surface area contributed by atoms with Crippen LogP contribution in [-0.4, -0.2) is 30.8 Å². The van der Waals surface area contributed by atoms with Crippen LogP contribution in [0.1, 0.15) is 40.0 Å². The van der Waals surface area contributed by atoms with E-state index in [-0.39, 0.29) is 30.7 Å². The number of anilines is 2. The first-order chi connectivity index (χ1) is 11.3. The lowest BCUT2D eigenvalue weighted by Crippen LogP contribution is -2.36. The second kappa shape index (κ2) is 7.47. The van der Waals surface area contributed by atoms with Crippen LogP contribution in [0.4, 0.5) is 11.4 Å². The molecule has 0 bridgehead atoms. The Labute approximate surface area is 142 Å². The lowest BCUT2D eigenvalue weighted by Gasteiger charge is -2.20. The fourth-order valence-corrected chi connectivity index (χ4v) is 2.48. The summed E-state index contributed by atoms with van der Waals surface area (Å²) in [5.41, 5.74) is 0.881. The Morgan fingerprint density at radius 1 is 1.21 bits per heavy atom. The molecule has 1 aliphatic heterocycles. The monoisotopic (exact) mass is 331 g/mol. The van der Waals surface area contributed by atoms with Gasteiger partial charge in [-0.1, -0.05) is 32.9 Å². The smallest absolute Gasteiger partial charge is 0.227 e. The number of para-hydroxylation sites is 2. The van der Waals surface area contributed by atoms with E-state index in [1.165, 1.54) is 0 Å². The van der Waals surface area contributed by atoms with Crippen molar-refractivity contribution in [3.63, 3.8) is 0 Å². The van der Waals surface area contributed by atoms with Gasteiger partial charge < -0.3 is 15.5 Å². The van der Waals surface area contributed by atoms with E-state index in [1.807, 2.05) is 39.0 Å². The summed E-state index contributed by atoms with van der Waals surface area (Å²) in [6, 6.07) is 7.29. The molecule has 3 amide bonds. The normalized spacial score (nSPS) is 14.6. The fraction of sp³-hybridized carbons (Fsp3) is 0.500. The summed E-state index contributed by atoms with van der Waals surface area (Å²) in [4.78, 5) is 37.5. The quantitative estimate of drug-likeness (QED) is 0.869. The van der Waals surface area contributed by atoms with Gasteiger partial charge in [-0.2, -0.15) is 0 Å². The summed E-state index contributed by atoms with van der Waals surface area (Å²) >= 11 is 0. The van der Waals surface area contributed by atoms with Crippen molar-refractivity contribution in [2.24, 2.45) is 5.41 Å². The van der Waals surface area contributed by atoms with Crippen molar-refractivity contribution >= 4 is 29.1 Å². The zero-order valence-corrected chi connectivity index (χ0v) is 14.5. The molecule has 24 heavy (non-hydrogen) atoms. The lowest BCUT2D eigenvalue weighted by molar-refractivity contribution is -0.128. The Balaban J connectivity index is 1.93. The molecule has 0 radical (unpaired) electrons. The summed E-state index contributed by atoms with van der Waals surface area (Å²) in [5.74, 6) is -0.198. The zero-order chi connectivity index (χ0) is 17.7. The Bertz CT molecular complexity index is 635. The standard InChI is InChI=1S/C18H25N3O3/c1-18(2,3)17(24)19-11-10-15(22)20-13-7-4-5-8-14(13)21-12-6-9-16(21)23/h4-5,7-8H,6,9-12H2,1-3H3,(H,19,24)(H,20,22). The van der Waals surface area contributed by atoms with Crippen LogP contribution >= 0.6 is 0 Å². The Kier molecular flexibility index (Phi) is 5.59. The molecule has 1 aliphatic rings. The predicted octanol–water partition coefficient (Wildman–Crippen LogP) is 2.30. The molecule has 2 rings (SSSR count). The number of hydrogen-bond donors (Lipinski definition) is 2. The van der Waals surface area contributed by atoms with Crippen molar-refractivity contribution in [3.05, 3.63) is 24.3 Å². The van der Waals surface area contributed by atoms with Gasteiger partial charge in [0.05, 0.1) is 11.4 Å². The molecule has 0 spiro atoms. The number of nitrogens with zero attached hydrogens (tertiary/aromatic N) is 1. The van der Waals surface area contributed by atoms with E-state index in [9.17, 15) is 14.4 Å². The SMILES string of the molecule is CC(C)(C)C(=O)NCCC(=O)Nc1ccccc1N1CCCC1=O. The van der Waals surface area contributed by atoms with Crippen LogP contribution in [0.3, 0.4) is 0 Å². The molecular formula is C18H25N3O3. The van der Waals surface area contributed by atoms with Crippen LogP contribution in [0.2, 0.25) is 0 Å². The van der Waals surface area contributed by atoms with Crippen LogP contribution in [0.25, 0.3) is 0 Å². The third kappa shape index (κ3) is 4.57. The first-order valence-electron chi connectivity index (χ1n) is 8.26. The Morgan fingerprint density at radius 3 is 2.54 bits per heavy atom. The number of carbonyl (C=O) groups excluding carboxylic acids is 3. The topological polar surface area (TPSA) is 78.5 Å². The van der Waals surface area contributed by atoms with E-state index >= 15 is 0 Å². The Hall–Kier alpha value is -2.37. The molecule has 0 aliphatic carbocycles. The van der Waals surface area contributed by atoms with Gasteiger partial charge in [0.2, 0.25) is 17.7 Å². The van der Waals surface area contributed by atoms with Gasteiger partial charge in [-0.3, -0.25) is 14.4 Å². The molecule has 2 N–H and O–H groups in total. The van der Waals surface area contributed by atoms with E-state index in [2.05, 4.69) is 10.6 Å². The maximum atomic E-state index is 12.1. The van der Waals surface area contributed by atoms with Crippen molar-refractivity contribution in [3.8, 4) is 0 Å². The predicted molar refractivity (Wildman–Crippen MR) is 93.7 cm³/mol. The highest BCUT2D eigenvalue weighted by Crippen LogP contribution is 2.29. The van der Waals surface area contributed by atoms with Crippen molar-refractivity contribution in [1.29, 1.82) is 0 Å². The molecular weight excluding hydrogens is 306 g/mol. The summed E-state index contributed by atoms with van der Waals surface area (Å²) in [5, 5.41) is 5.59. The van der Waals surface area contributed by atoms with Crippen LogP contribution in [0, 0.1) is 5.41 Å². The molecule has 1 aromatic rings. The zero-order valence-electron chi connectivity index (χ0n) is 14.5. The van der Waals surface area contributed by atoms with Crippen LogP contribution in [0.15, 0.2) is 24.3 Å². The molecule has 0 unspecified atom stereocenters. The number of rotatable bonds is 5. The third-order valence-electron chi connectivity index (χ3n) is 3.86. The third-order valence-corrected chi connectivity index (χ3v) is 3.86. The van der Waals surface area contributed by atoms with Crippen molar-refractivity contribution in [2.75, 3.05) is 23.3 Å². The molecule has 6 heteroatoms. The highest BCUT2D eigenvalue weighted by Gasteiger charge is 2.24. The molecule has 6 nitrogen and oxygen atoms in total. The van der Waals surface area contributed by atoms with Gasteiger partial charge in [0.1, 0.15) is 0 Å². The highest BCUT2D eigenvalue weighted by atomic mass is 16.2. The van der Waals surface area contributed by atoms with Crippen molar-refractivity contribution in [2.45, 2.75) is 40.0 Å². The van der Waals surface area contributed by atoms with Gasteiger partial charge >= 0.3 is 0 Å². The maximum Gasteiger partial charge on any atom is 0.227 e. The molecule has 1 aromatic carbocycles. The van der Waals surface area contributed by atoms with Crippen molar-refractivity contribution < 1.29 is 14.4 Å². The molecule has 1 heterocycles. The molecule has 0 saturated carbocycles. The van der Waals surface area contributed by atoms with E-state index in [4.69, 9.17) is 0 Å². The van der Waals surface area contributed by atoms with E-state index in [0.29, 0.717) is 18.7 Å². The number of amides is 3. The average molecular weight is 331 g/mol. The number of benzene rings is 1. The molecule has 1 fully saturated rings. The molecule has 1 saturated heterocycles. The maximum absolute atomic E-state index is 12.1. The fourth-order valence-electron chi connectivity index (χ4n) is 2.48. The minimum absolute atomic E-state index is 0.0779. The van der Waals surface area contributed by atoms with Gasteiger partial charge in [0.25, 0.3) is 0 Å². The second-order valence-electron chi connectivity index (χ2n) is 6.97. The summed E-state index contributed by atoms with van der Waals surface area (Å²) in [7, 11) is 0. The summed E-state index contributed by atoms with van der Waals surface area (Å²) < 4.78 is 0. The van der Waals surface area contributed by atoms with Gasteiger partial charge in [0.15, 0.2) is 0 Å². The number of hydrogen-bond acceptors (Lipinski definition) is 3. The molecule has 0 aromatic heterocycles. The molecule has 130 valence electrons. The number of carbonyl (C=O) groups is 3. The summed E-state index contributed by atoms with van der Waals surface area (Å²) in [6.07, 6.45) is 1.56. The largest absolute Gasteiger partial charge is 0.355 e. The van der Waals surface area contributed by atoms with E-state index in [1.54, 1.807) is 11.0 Å². The van der Waals surface area contributed by atoms with Gasteiger partial charge in [-0.25, -0.2) is 0 Å². The van der Waals surface area contributed by atoms with E-state index in [0.717, 1.165) is 12.1 Å². The first-order valence-corrected chi connectivity index (χ1v) is 8.26. The highest BCUT2D eigenvalue weighted by molar-refractivity contribution is 6.02. The van der Waals surface area contributed by atoms with Gasteiger partial charge in [-0.05, 0) is 18.6 Å². The number of nitrogens with one attached hydrogen (secondary N) is 2. The van der Waals surface area contributed by atoms with Gasteiger partial charge in [0, 0.05) is 31.3 Å².